The van der Waals surface area contributed by atoms with Gasteiger partial charge in [0.15, 0.2) is 0 Å². The Hall–Kier alpha value is -3.33. The number of primary amides is 1. The molecule has 3 aromatic rings. The fraction of sp³-hybridized carbons (Fsp3) is 0.429. The average Bonchev–Trinajstić information content (AvgIpc) is 3.21. The third-order valence-electron chi connectivity index (χ3n) is 7.10. The van der Waals surface area contributed by atoms with Crippen molar-refractivity contribution in [3.05, 3.63) is 64.8 Å². The van der Waals surface area contributed by atoms with E-state index in [1.54, 1.807) is 12.1 Å². The Balaban J connectivity index is 1.85. The van der Waals surface area contributed by atoms with E-state index < -0.39 is 17.6 Å². The molecule has 0 bridgehead atoms. The number of rotatable bonds is 7. The molecule has 198 valence electrons. The Labute approximate surface area is 215 Å². The second kappa shape index (κ2) is 10.2. The van der Waals surface area contributed by atoms with Crippen LogP contribution in [0.25, 0.3) is 16.9 Å². The maximum Gasteiger partial charge on any atom is 0.395 e. The molecule has 6 nitrogen and oxygen atoms in total. The van der Waals surface area contributed by atoms with E-state index in [0.717, 1.165) is 52.2 Å². The molecule has 2 amide bonds. The Bertz CT molecular complexity index is 1260. The fourth-order valence-electron chi connectivity index (χ4n) is 5.01. The molecule has 2 aromatic carbocycles. The summed E-state index contributed by atoms with van der Waals surface area (Å²) in [6.07, 6.45) is -2.08. The average molecular weight is 514 g/mol. The summed E-state index contributed by atoms with van der Waals surface area (Å²) in [5.74, 6) is 0. The second-order valence-electron chi connectivity index (χ2n) is 10.2. The van der Waals surface area contributed by atoms with Gasteiger partial charge < -0.3 is 11.1 Å². The predicted octanol–water partition coefficient (Wildman–Crippen LogP) is 6.10. The van der Waals surface area contributed by atoms with E-state index in [2.05, 4.69) is 37.4 Å². The number of alkyl halides is 3. The van der Waals surface area contributed by atoms with Crippen molar-refractivity contribution in [1.29, 1.82) is 0 Å². The van der Waals surface area contributed by atoms with E-state index in [0.29, 0.717) is 25.2 Å². The molecule has 3 N–H and O–H groups in total. The Morgan fingerprint density at radius 3 is 2.22 bits per heavy atom. The summed E-state index contributed by atoms with van der Waals surface area (Å²) in [7, 11) is 0. The number of nitrogens with zero attached hydrogens (tertiary/aromatic N) is 3. The fourth-order valence-corrected chi connectivity index (χ4v) is 5.01. The topological polar surface area (TPSA) is 76.2 Å². The number of carbonyl (C=O) groups is 1. The van der Waals surface area contributed by atoms with E-state index in [1.807, 2.05) is 21.7 Å². The van der Waals surface area contributed by atoms with Crippen LogP contribution in [0.2, 0.25) is 0 Å². The van der Waals surface area contributed by atoms with E-state index in [4.69, 9.17) is 10.8 Å². The number of fused-ring (bicyclic) bond motifs is 1. The van der Waals surface area contributed by atoms with Crippen molar-refractivity contribution < 1.29 is 18.0 Å². The minimum atomic E-state index is -4.29. The summed E-state index contributed by atoms with van der Waals surface area (Å²) in [6, 6.07) is 12.9. The van der Waals surface area contributed by atoms with Crippen LogP contribution in [-0.2, 0) is 25.8 Å². The molecule has 0 unspecified atom stereocenters. The molecule has 2 heterocycles. The highest BCUT2D eigenvalue weighted by molar-refractivity contribution is 5.88. The molecular weight excluding hydrogens is 479 g/mol. The summed E-state index contributed by atoms with van der Waals surface area (Å²) in [6.45, 7) is 7.51. The van der Waals surface area contributed by atoms with Crippen LogP contribution < -0.4 is 11.1 Å². The predicted molar refractivity (Wildman–Crippen MR) is 140 cm³/mol. The van der Waals surface area contributed by atoms with Crippen LogP contribution in [0.5, 0.6) is 0 Å². The summed E-state index contributed by atoms with van der Waals surface area (Å²) in [4.78, 5) is 13.2. The van der Waals surface area contributed by atoms with Gasteiger partial charge >= 0.3 is 12.2 Å². The van der Waals surface area contributed by atoms with Crippen molar-refractivity contribution in [1.82, 2.24) is 14.7 Å². The minimum Gasteiger partial charge on any atom is -0.351 e. The molecule has 37 heavy (non-hydrogen) atoms. The lowest BCUT2D eigenvalue weighted by Crippen LogP contribution is -2.45. The standard InChI is InChI=1S/C28H34F3N5O/c1-5-18-8-7-9-19(6-2)24(18)36-25(20-10-12-21(13-11-20)33-26(32)37)22-16-35(15-14-23(22)34-36)17-27(3,4)28(29,30)31/h7-13H,5-6,14-17H2,1-4H3,(H3,32,33,37). The quantitative estimate of drug-likeness (QED) is 0.401. The largest absolute Gasteiger partial charge is 0.395 e. The number of nitrogens with one attached hydrogen (secondary N) is 1. The highest BCUT2D eigenvalue weighted by Crippen LogP contribution is 2.40. The molecule has 0 saturated heterocycles. The Morgan fingerprint density at radius 1 is 1.05 bits per heavy atom. The molecule has 0 spiro atoms. The van der Waals surface area contributed by atoms with E-state index in [9.17, 15) is 18.0 Å². The maximum absolute atomic E-state index is 13.7. The van der Waals surface area contributed by atoms with Crippen molar-refractivity contribution in [3.8, 4) is 16.9 Å². The van der Waals surface area contributed by atoms with Crippen molar-refractivity contribution in [2.24, 2.45) is 11.1 Å². The SMILES string of the molecule is CCc1cccc(CC)c1-n1nc2c(c1-c1ccc(NC(N)=O)cc1)CN(CC(C)(C)C(F)(F)F)CC2. The zero-order valence-electron chi connectivity index (χ0n) is 21.7. The normalized spacial score (nSPS) is 14.5. The molecule has 0 aliphatic carbocycles. The third-order valence-corrected chi connectivity index (χ3v) is 7.10. The number of para-hydroxylation sites is 1. The molecule has 9 heteroatoms. The van der Waals surface area contributed by atoms with Gasteiger partial charge in [0.05, 0.1) is 22.5 Å². The zero-order valence-corrected chi connectivity index (χ0v) is 21.7. The van der Waals surface area contributed by atoms with E-state index in [-0.39, 0.29) is 6.54 Å². The number of hydrogen-bond acceptors (Lipinski definition) is 3. The number of benzene rings is 2. The molecule has 0 saturated carbocycles. The van der Waals surface area contributed by atoms with Crippen LogP contribution in [0.3, 0.4) is 0 Å². The van der Waals surface area contributed by atoms with Gasteiger partial charge in [-0.1, -0.05) is 44.2 Å². The smallest absolute Gasteiger partial charge is 0.351 e. The number of anilines is 1. The maximum atomic E-state index is 13.7. The van der Waals surface area contributed by atoms with Crippen molar-refractivity contribution >= 4 is 11.7 Å². The molecule has 1 aliphatic rings. The van der Waals surface area contributed by atoms with Gasteiger partial charge in [-0.05, 0) is 49.9 Å². The number of aryl methyl sites for hydroxylation is 2. The number of nitrogens with two attached hydrogens (primary N) is 1. The van der Waals surface area contributed by atoms with Crippen molar-refractivity contribution in [2.45, 2.75) is 59.7 Å². The molecule has 1 aromatic heterocycles. The van der Waals surface area contributed by atoms with E-state index in [1.165, 1.54) is 13.8 Å². The Morgan fingerprint density at radius 2 is 1.68 bits per heavy atom. The van der Waals surface area contributed by atoms with Gasteiger partial charge in [0.2, 0.25) is 0 Å². The number of hydrogen-bond donors (Lipinski definition) is 2. The number of aromatic nitrogens is 2. The van der Waals surface area contributed by atoms with Gasteiger partial charge in [-0.25, -0.2) is 9.48 Å². The lowest BCUT2D eigenvalue weighted by molar-refractivity contribution is -0.217. The first-order valence-corrected chi connectivity index (χ1v) is 12.6. The van der Waals surface area contributed by atoms with Gasteiger partial charge in [-0.3, -0.25) is 4.90 Å². The number of halogens is 3. The minimum absolute atomic E-state index is 0.0895. The van der Waals surface area contributed by atoms with Gasteiger partial charge in [0, 0.05) is 42.9 Å². The summed E-state index contributed by atoms with van der Waals surface area (Å²) < 4.78 is 43.0. The van der Waals surface area contributed by atoms with Gasteiger partial charge in [0.1, 0.15) is 0 Å². The highest BCUT2D eigenvalue weighted by atomic mass is 19.4. The van der Waals surface area contributed by atoms with Gasteiger partial charge in [-0.15, -0.1) is 0 Å². The number of amides is 2. The van der Waals surface area contributed by atoms with Crippen LogP contribution in [0, 0.1) is 5.41 Å². The highest BCUT2D eigenvalue weighted by Gasteiger charge is 2.48. The van der Waals surface area contributed by atoms with Crippen LogP contribution >= 0.6 is 0 Å². The van der Waals surface area contributed by atoms with Crippen molar-refractivity contribution in [3.63, 3.8) is 0 Å². The monoisotopic (exact) mass is 513 g/mol. The second-order valence-corrected chi connectivity index (χ2v) is 10.2. The summed E-state index contributed by atoms with van der Waals surface area (Å²) >= 11 is 0. The zero-order chi connectivity index (χ0) is 27.0. The number of urea groups is 1. The molecule has 1 aliphatic heterocycles. The molecule has 0 radical (unpaired) electrons. The lowest BCUT2D eigenvalue weighted by atomic mass is 9.90. The molecule has 4 rings (SSSR count). The van der Waals surface area contributed by atoms with Gasteiger partial charge in [0.25, 0.3) is 0 Å². The van der Waals surface area contributed by atoms with Crippen LogP contribution in [0.4, 0.5) is 23.7 Å². The van der Waals surface area contributed by atoms with Crippen molar-refractivity contribution in [2.75, 3.05) is 18.4 Å². The van der Waals surface area contributed by atoms with Crippen LogP contribution in [0.1, 0.15) is 50.1 Å². The number of carbonyl (C=O) groups excluding carboxylic acids is 1. The van der Waals surface area contributed by atoms with Crippen LogP contribution in [0.15, 0.2) is 42.5 Å². The lowest BCUT2D eigenvalue weighted by Gasteiger charge is -2.36. The van der Waals surface area contributed by atoms with Crippen LogP contribution in [-0.4, -0.2) is 40.0 Å². The summed E-state index contributed by atoms with van der Waals surface area (Å²) in [5.41, 5.74) is 10.9. The molecular formula is C28H34F3N5O. The van der Waals surface area contributed by atoms with E-state index >= 15 is 0 Å². The van der Waals surface area contributed by atoms with Gasteiger partial charge in [-0.2, -0.15) is 18.3 Å². The first kappa shape index (κ1) is 26.7. The first-order valence-electron chi connectivity index (χ1n) is 12.6. The Kier molecular flexibility index (Phi) is 7.37. The third kappa shape index (κ3) is 5.37. The molecule has 0 fully saturated rings. The summed E-state index contributed by atoms with van der Waals surface area (Å²) in [5, 5.41) is 7.61. The first-order chi connectivity index (χ1) is 17.4. The molecule has 0 atom stereocenters.